The minimum absolute atomic E-state index is 0.00759. The van der Waals surface area contributed by atoms with E-state index in [1.54, 1.807) is 13.0 Å². The molecule has 0 saturated carbocycles. The first-order valence-electron chi connectivity index (χ1n) is 5.10. The van der Waals surface area contributed by atoms with Crippen LogP contribution < -0.4 is 5.32 Å². The average molecular weight is 252 g/mol. The molecule has 96 valence electrons. The summed E-state index contributed by atoms with van der Waals surface area (Å²) in [6.45, 7) is 3.30. The van der Waals surface area contributed by atoms with Gasteiger partial charge in [-0.15, -0.1) is 0 Å². The highest BCUT2D eigenvalue weighted by Crippen LogP contribution is 2.27. The lowest BCUT2D eigenvalue weighted by Crippen LogP contribution is -2.13. The van der Waals surface area contributed by atoms with Crippen LogP contribution in [0, 0.1) is 18.3 Å². The molecule has 1 amide bonds. The van der Waals surface area contributed by atoms with Gasteiger partial charge in [-0.05, 0) is 13.8 Å². The molecular weight excluding hydrogens is 240 g/mol. The molecule has 0 saturated heterocycles. The topological polar surface area (TPSA) is 102 Å². The third-order valence-electron chi connectivity index (χ3n) is 2.08. The molecule has 0 aliphatic rings. The Hall–Kier alpha value is -2.49. The standard InChI is InChI=1S/C11H12N2O5/c1-4-17-11(15)13-9-7(5-12)8(6(2)18-9)10(14)16-3/h4H2,1-3H3,(H,13,15). The number of nitriles is 1. The Morgan fingerprint density at radius 1 is 1.50 bits per heavy atom. The predicted octanol–water partition coefficient (Wildman–Crippen LogP) is 1.81. The number of ether oxygens (including phenoxy) is 2. The fraction of sp³-hybridized carbons (Fsp3) is 0.364. The number of methoxy groups -OCH3 is 1. The van der Waals surface area contributed by atoms with Gasteiger partial charge in [0.05, 0.1) is 13.7 Å². The second-order valence-electron chi connectivity index (χ2n) is 3.19. The summed E-state index contributed by atoms with van der Waals surface area (Å²) in [6.07, 6.45) is -0.765. The third kappa shape index (κ3) is 2.60. The first-order chi connectivity index (χ1) is 8.54. The average Bonchev–Trinajstić information content (AvgIpc) is 2.64. The van der Waals surface area contributed by atoms with Crippen LogP contribution in [0.15, 0.2) is 4.42 Å². The molecule has 0 unspecified atom stereocenters. The van der Waals surface area contributed by atoms with Gasteiger partial charge in [0.25, 0.3) is 0 Å². The van der Waals surface area contributed by atoms with Gasteiger partial charge in [-0.2, -0.15) is 5.26 Å². The molecule has 18 heavy (non-hydrogen) atoms. The molecule has 1 N–H and O–H groups in total. The van der Waals surface area contributed by atoms with Crippen LogP contribution in [0.1, 0.15) is 28.6 Å². The molecule has 0 fully saturated rings. The van der Waals surface area contributed by atoms with Gasteiger partial charge in [0.2, 0.25) is 5.88 Å². The molecule has 0 spiro atoms. The molecule has 1 aromatic heterocycles. The van der Waals surface area contributed by atoms with Gasteiger partial charge in [-0.3, -0.25) is 5.32 Å². The first kappa shape index (κ1) is 13.6. The van der Waals surface area contributed by atoms with Crippen molar-refractivity contribution in [3.8, 4) is 6.07 Å². The number of nitrogens with zero attached hydrogens (tertiary/aromatic N) is 1. The minimum atomic E-state index is -0.765. The van der Waals surface area contributed by atoms with Crippen molar-refractivity contribution in [2.24, 2.45) is 0 Å². The molecule has 1 aromatic rings. The van der Waals surface area contributed by atoms with E-state index in [4.69, 9.17) is 9.68 Å². The number of carbonyl (C=O) groups excluding carboxylic acids is 2. The number of hydrogen-bond acceptors (Lipinski definition) is 6. The normalized spacial score (nSPS) is 9.44. The van der Waals surface area contributed by atoms with Crippen LogP contribution in [0.2, 0.25) is 0 Å². The van der Waals surface area contributed by atoms with Crippen LogP contribution in [-0.4, -0.2) is 25.8 Å². The monoisotopic (exact) mass is 252 g/mol. The van der Waals surface area contributed by atoms with Crippen molar-refractivity contribution >= 4 is 17.9 Å². The fourth-order valence-corrected chi connectivity index (χ4v) is 1.35. The van der Waals surface area contributed by atoms with E-state index in [-0.39, 0.29) is 29.4 Å². The smallest absolute Gasteiger partial charge is 0.414 e. The van der Waals surface area contributed by atoms with Crippen molar-refractivity contribution in [2.75, 3.05) is 19.0 Å². The molecule has 0 aliphatic heterocycles. The molecule has 1 heterocycles. The Morgan fingerprint density at radius 3 is 2.67 bits per heavy atom. The van der Waals surface area contributed by atoms with Gasteiger partial charge >= 0.3 is 12.1 Å². The Labute approximate surface area is 103 Å². The van der Waals surface area contributed by atoms with Crippen molar-refractivity contribution in [1.29, 1.82) is 5.26 Å². The van der Waals surface area contributed by atoms with Crippen LogP contribution in [-0.2, 0) is 9.47 Å². The lowest BCUT2D eigenvalue weighted by atomic mass is 10.1. The molecule has 0 bridgehead atoms. The molecule has 7 nitrogen and oxygen atoms in total. The molecule has 0 aromatic carbocycles. The van der Waals surface area contributed by atoms with Gasteiger partial charge < -0.3 is 13.9 Å². The van der Waals surface area contributed by atoms with E-state index in [9.17, 15) is 9.59 Å². The van der Waals surface area contributed by atoms with Crippen LogP contribution >= 0.6 is 0 Å². The number of nitrogens with one attached hydrogen (secondary N) is 1. The first-order valence-corrected chi connectivity index (χ1v) is 5.10. The number of hydrogen-bond donors (Lipinski definition) is 1. The highest BCUT2D eigenvalue weighted by Gasteiger charge is 2.25. The maximum atomic E-state index is 11.5. The van der Waals surface area contributed by atoms with Gasteiger partial charge in [-0.25, -0.2) is 9.59 Å². The summed E-state index contributed by atoms with van der Waals surface area (Å²) in [4.78, 5) is 22.7. The van der Waals surface area contributed by atoms with Crippen LogP contribution in [0.25, 0.3) is 0 Å². The van der Waals surface area contributed by atoms with Crippen molar-refractivity contribution in [3.63, 3.8) is 0 Å². The Balaban J connectivity index is 3.12. The summed E-state index contributed by atoms with van der Waals surface area (Å²) < 4.78 is 14.3. The molecule has 0 aliphatic carbocycles. The summed E-state index contributed by atoms with van der Waals surface area (Å²) in [7, 11) is 1.19. The Morgan fingerprint density at radius 2 is 2.17 bits per heavy atom. The molecule has 0 atom stereocenters. The molecule has 0 radical (unpaired) electrons. The van der Waals surface area contributed by atoms with Crippen molar-refractivity contribution < 1.29 is 23.5 Å². The number of rotatable bonds is 3. The number of carbonyl (C=O) groups is 2. The lowest BCUT2D eigenvalue weighted by molar-refractivity contribution is 0.0598. The van der Waals surface area contributed by atoms with Crippen molar-refractivity contribution in [2.45, 2.75) is 13.8 Å². The number of aryl methyl sites for hydroxylation is 1. The molecule has 1 rings (SSSR count). The minimum Gasteiger partial charge on any atom is -0.465 e. The van der Waals surface area contributed by atoms with Gasteiger partial charge in [0.1, 0.15) is 23.0 Å². The molecular formula is C11H12N2O5. The van der Waals surface area contributed by atoms with Crippen LogP contribution in [0.5, 0.6) is 0 Å². The van der Waals surface area contributed by atoms with Crippen molar-refractivity contribution in [1.82, 2.24) is 0 Å². The van der Waals surface area contributed by atoms with E-state index in [0.717, 1.165) is 0 Å². The van der Waals surface area contributed by atoms with Gasteiger partial charge in [-0.1, -0.05) is 0 Å². The zero-order chi connectivity index (χ0) is 13.7. The van der Waals surface area contributed by atoms with Crippen LogP contribution in [0.4, 0.5) is 10.7 Å². The quantitative estimate of drug-likeness (QED) is 0.823. The number of furan rings is 1. The SMILES string of the molecule is CCOC(=O)Nc1oc(C)c(C(=O)OC)c1C#N. The highest BCUT2D eigenvalue weighted by atomic mass is 16.6. The second kappa shape index (κ2) is 5.72. The largest absolute Gasteiger partial charge is 0.465 e. The zero-order valence-electron chi connectivity index (χ0n) is 10.2. The van der Waals surface area contributed by atoms with Gasteiger partial charge in [0.15, 0.2) is 0 Å². The number of amides is 1. The van der Waals surface area contributed by atoms with E-state index in [1.165, 1.54) is 14.0 Å². The summed E-state index contributed by atoms with van der Waals surface area (Å²) in [6, 6.07) is 1.78. The Bertz CT molecular complexity index is 512. The van der Waals surface area contributed by atoms with E-state index in [0.29, 0.717) is 0 Å². The lowest BCUT2D eigenvalue weighted by Gasteiger charge is -2.01. The van der Waals surface area contributed by atoms with Gasteiger partial charge in [0, 0.05) is 0 Å². The van der Waals surface area contributed by atoms with E-state index >= 15 is 0 Å². The molecule has 7 heteroatoms. The zero-order valence-corrected chi connectivity index (χ0v) is 10.2. The predicted molar refractivity (Wildman–Crippen MR) is 60.1 cm³/mol. The summed E-state index contributed by atoms with van der Waals surface area (Å²) >= 11 is 0. The van der Waals surface area contributed by atoms with Crippen molar-refractivity contribution in [3.05, 3.63) is 16.9 Å². The summed E-state index contributed by atoms with van der Waals surface area (Å²) in [5.74, 6) is -0.649. The van der Waals surface area contributed by atoms with E-state index in [1.807, 2.05) is 0 Å². The summed E-state index contributed by atoms with van der Waals surface area (Å²) in [5, 5.41) is 11.2. The number of esters is 1. The van der Waals surface area contributed by atoms with Crippen LogP contribution in [0.3, 0.4) is 0 Å². The Kier molecular flexibility index (Phi) is 4.32. The number of anilines is 1. The van der Waals surface area contributed by atoms with E-state index in [2.05, 4.69) is 14.8 Å². The third-order valence-corrected chi connectivity index (χ3v) is 2.08. The maximum Gasteiger partial charge on any atom is 0.414 e. The summed E-state index contributed by atoms with van der Waals surface area (Å²) in [5.41, 5.74) is -0.0980. The maximum absolute atomic E-state index is 11.5. The second-order valence-corrected chi connectivity index (χ2v) is 3.19. The van der Waals surface area contributed by atoms with E-state index < -0.39 is 12.1 Å². The fourth-order valence-electron chi connectivity index (χ4n) is 1.35. The highest BCUT2D eigenvalue weighted by molar-refractivity contribution is 5.96.